The van der Waals surface area contributed by atoms with Gasteiger partial charge in [-0.25, -0.2) is 39.7 Å². The Balaban J connectivity index is 1.04. The van der Waals surface area contributed by atoms with E-state index in [0.29, 0.717) is 87.4 Å². The van der Waals surface area contributed by atoms with E-state index >= 15 is 0 Å². The Kier molecular flexibility index (Phi) is 21.3. The molecule has 7 aromatic heterocycles. The SMILES string of the molecule is CNC(=O)C[C@@H]1NC(=O)c2csc(n2)-c2ccc(-c3nc(N(CCCCC(=O)O)C(=O)O[C@H]4CC[C@H](C(=O)O)C4)cs3)nc2-c2csc(n2)-c2csc(n2)[C@H]([C@@H](C)c2ccccc2)NC(=O)CNC(=O)c2nc(sc2COC)C(C(C)C)CC(=O)c2nc1sc2C. The first kappa shape index (κ1) is 65.8. The molecule has 5 amide bonds. The summed E-state index contributed by atoms with van der Waals surface area (Å²) >= 11 is 7.41. The first-order valence-electron chi connectivity index (χ1n) is 29.2. The van der Waals surface area contributed by atoms with Crippen molar-refractivity contribution in [1.82, 2.24) is 56.2 Å². The molecule has 1 saturated carbocycles. The first-order valence-corrected chi connectivity index (χ1v) is 34.3. The van der Waals surface area contributed by atoms with E-state index in [0.717, 1.165) is 5.56 Å². The standard InChI is InChI=1S/C61H64N12O12S6/c1-29(2)36-21-42(74)49-31(4)90-58(71-49)38(22-45(75)62-5)65-52(79)40-26-86-54(67-40)35-17-18-37(56-69-44(28-89-56)73(19-11-10-14-47(77)78)61(83)85-34-16-15-33(20-34)60(81)82)64-50(35)39-25-87-57(66-39)41-27-88-59(68-41)48(30(3)32-12-8-7-9-13-32)70-46(76)23-63-53(80)51-43(24-84-6)91-55(36)72-51/h7-9,12-13,17-18,25-30,33-34,36,38,48H,10-11,14-16,19-24H2,1-6H3,(H,62,75)(H,63,80)(H,65,79)(H,70,76)(H,77,78)(H,81,82)/t30-,33-,34-,36?,38-,48-/m0/s1. The van der Waals surface area contributed by atoms with Crippen molar-refractivity contribution in [3.8, 4) is 43.4 Å². The second-order valence-corrected chi connectivity index (χ2v) is 27.9. The summed E-state index contributed by atoms with van der Waals surface area (Å²) in [6, 6.07) is 11.5. The van der Waals surface area contributed by atoms with Crippen LogP contribution in [0.1, 0.15) is 158 Å². The molecule has 10 rings (SSSR count). The summed E-state index contributed by atoms with van der Waals surface area (Å²) in [5.41, 5.74) is 3.30. The van der Waals surface area contributed by atoms with Crippen LogP contribution in [0.5, 0.6) is 0 Å². The maximum Gasteiger partial charge on any atom is 0.415 e. The third-order valence-corrected chi connectivity index (χ3v) is 21.2. The molecule has 1 aliphatic carbocycles. The van der Waals surface area contributed by atoms with Gasteiger partial charge >= 0.3 is 18.0 Å². The molecule has 1 aliphatic heterocycles. The molecule has 6 atom stereocenters. The minimum absolute atomic E-state index is 0.0194. The van der Waals surface area contributed by atoms with Crippen molar-refractivity contribution in [2.75, 3.05) is 32.1 Å². The summed E-state index contributed by atoms with van der Waals surface area (Å²) < 4.78 is 11.3. The number of nitrogens with one attached hydrogen (secondary N) is 4. The van der Waals surface area contributed by atoms with Crippen LogP contribution < -0.4 is 26.2 Å². The van der Waals surface area contributed by atoms with Gasteiger partial charge in [0, 0.05) is 77.3 Å². The van der Waals surface area contributed by atoms with E-state index in [1.807, 2.05) is 61.9 Å². The molecule has 8 aromatic rings. The number of fused-ring (bicyclic) bond motifs is 14. The number of aromatic nitrogens is 7. The molecule has 2 aliphatic rings. The van der Waals surface area contributed by atoms with Gasteiger partial charge in [0.1, 0.15) is 71.1 Å². The predicted octanol–water partition coefficient (Wildman–Crippen LogP) is 10.7. The molecule has 0 radical (unpaired) electrons. The van der Waals surface area contributed by atoms with E-state index in [-0.39, 0.29) is 85.8 Å². The molecule has 24 nitrogen and oxygen atoms in total. The fourth-order valence-electron chi connectivity index (χ4n) is 10.5. The number of rotatable bonds is 16. The highest BCUT2D eigenvalue weighted by Crippen LogP contribution is 2.42. The maximum atomic E-state index is 14.4. The van der Waals surface area contributed by atoms with Crippen LogP contribution in [0, 0.1) is 18.8 Å². The average Bonchev–Trinajstić information content (AvgIpc) is 1.85. The number of carboxylic acids is 2. The van der Waals surface area contributed by atoms with Crippen molar-refractivity contribution in [2.24, 2.45) is 11.8 Å². The highest BCUT2D eigenvalue weighted by Gasteiger charge is 2.36. The van der Waals surface area contributed by atoms with Crippen molar-refractivity contribution < 1.29 is 58.0 Å². The molecule has 1 fully saturated rings. The quantitative estimate of drug-likeness (QED) is 0.0490. The molecule has 6 N–H and O–H groups in total. The Morgan fingerprint density at radius 1 is 0.736 bits per heavy atom. The lowest BCUT2D eigenvalue weighted by Crippen LogP contribution is -2.40. The van der Waals surface area contributed by atoms with Crippen molar-refractivity contribution in [3.05, 3.63) is 111 Å². The lowest BCUT2D eigenvalue weighted by Gasteiger charge is -2.24. The molecule has 91 heavy (non-hydrogen) atoms. The Morgan fingerprint density at radius 3 is 2.20 bits per heavy atom. The fourth-order valence-corrected chi connectivity index (χ4v) is 16.2. The Bertz CT molecular complexity index is 4000. The van der Waals surface area contributed by atoms with Crippen LogP contribution in [0.4, 0.5) is 10.6 Å². The van der Waals surface area contributed by atoms with Crippen LogP contribution in [-0.2, 0) is 35.3 Å². The van der Waals surface area contributed by atoms with Gasteiger partial charge in [0.2, 0.25) is 11.8 Å². The van der Waals surface area contributed by atoms with Gasteiger partial charge in [-0.2, -0.15) is 0 Å². The van der Waals surface area contributed by atoms with E-state index in [1.54, 1.807) is 29.8 Å². The normalized spacial score (nSPS) is 18.4. The highest BCUT2D eigenvalue weighted by molar-refractivity contribution is 7.15. The monoisotopic (exact) mass is 1350 g/mol. The Hall–Kier alpha value is -8.13. The number of Topliss-reactive ketones (excluding diaryl/α,β-unsaturated/α-hetero) is 1. The maximum absolute atomic E-state index is 14.4. The molecule has 8 heterocycles. The Morgan fingerprint density at radius 2 is 1.46 bits per heavy atom. The number of thiazole rings is 6. The van der Waals surface area contributed by atoms with Crippen molar-refractivity contribution >= 4 is 121 Å². The van der Waals surface area contributed by atoms with E-state index < -0.39 is 78.2 Å². The van der Waals surface area contributed by atoms with Gasteiger partial charge in [0.15, 0.2) is 5.78 Å². The van der Waals surface area contributed by atoms with Gasteiger partial charge in [-0.15, -0.1) is 68.0 Å². The number of ketones is 1. The topological polar surface area (TPSA) is 337 Å². The number of benzene rings is 1. The number of hydrogen-bond donors (Lipinski definition) is 6. The number of hydrogen-bond acceptors (Lipinski definition) is 23. The number of unbranched alkanes of at least 4 members (excludes halogenated alkanes) is 1. The second-order valence-electron chi connectivity index (χ2n) is 22.1. The number of nitrogens with zero attached hydrogens (tertiary/aromatic N) is 8. The summed E-state index contributed by atoms with van der Waals surface area (Å²) in [4.78, 5) is 144. The molecular weight excluding hydrogens is 1290 g/mol. The van der Waals surface area contributed by atoms with Crippen molar-refractivity contribution in [2.45, 2.75) is 116 Å². The van der Waals surface area contributed by atoms with E-state index in [1.165, 1.54) is 87.1 Å². The van der Waals surface area contributed by atoms with Crippen LogP contribution in [0.3, 0.4) is 0 Å². The number of anilines is 1. The zero-order valence-electron chi connectivity index (χ0n) is 50.2. The first-order chi connectivity index (χ1) is 43.7. The van der Waals surface area contributed by atoms with Gasteiger partial charge < -0.3 is 41.0 Å². The zero-order chi connectivity index (χ0) is 64.6. The predicted molar refractivity (Wildman–Crippen MR) is 346 cm³/mol. The molecule has 10 bridgehead atoms. The van der Waals surface area contributed by atoms with Crippen LogP contribution in [0.25, 0.3) is 43.4 Å². The molecule has 0 saturated heterocycles. The number of carboxylic acid groups (broad SMARTS) is 2. The number of amides is 5. The third-order valence-electron chi connectivity index (χ3n) is 15.5. The average molecular weight is 1350 g/mol. The Labute approximate surface area is 546 Å². The van der Waals surface area contributed by atoms with Crippen LogP contribution in [-0.4, -0.2) is 126 Å². The summed E-state index contributed by atoms with van der Waals surface area (Å²) in [5.74, 6) is -5.68. The van der Waals surface area contributed by atoms with Crippen molar-refractivity contribution in [1.29, 1.82) is 0 Å². The van der Waals surface area contributed by atoms with Crippen LogP contribution in [0.15, 0.2) is 64.0 Å². The molecule has 1 unspecified atom stereocenters. The third kappa shape index (κ3) is 15.6. The highest BCUT2D eigenvalue weighted by atomic mass is 32.1. The zero-order valence-corrected chi connectivity index (χ0v) is 55.1. The summed E-state index contributed by atoms with van der Waals surface area (Å²) in [6.07, 6.45) is -0.263. The number of ether oxygens (including phenoxy) is 2. The lowest BCUT2D eigenvalue weighted by atomic mass is 9.90. The minimum Gasteiger partial charge on any atom is -0.481 e. The molecule has 30 heteroatoms. The smallest absolute Gasteiger partial charge is 0.415 e. The molecule has 0 spiro atoms. The van der Waals surface area contributed by atoms with Crippen LogP contribution in [0.2, 0.25) is 0 Å². The summed E-state index contributed by atoms with van der Waals surface area (Å²) in [7, 11) is 2.97. The van der Waals surface area contributed by atoms with E-state index in [9.17, 15) is 48.6 Å². The summed E-state index contributed by atoms with van der Waals surface area (Å²) in [6.45, 7) is 7.34. The number of pyridine rings is 1. The van der Waals surface area contributed by atoms with Crippen molar-refractivity contribution in [3.63, 3.8) is 0 Å². The molecular formula is C61H64N12O12S6. The van der Waals surface area contributed by atoms with Gasteiger partial charge in [0.05, 0.1) is 53.2 Å². The molecule has 1 aromatic carbocycles. The number of carbonyl (C=O) groups excluding carboxylic acids is 6. The lowest BCUT2D eigenvalue weighted by molar-refractivity contribution is -0.142. The number of carbonyl (C=O) groups is 8. The largest absolute Gasteiger partial charge is 0.481 e. The van der Waals surface area contributed by atoms with Gasteiger partial charge in [0.25, 0.3) is 11.8 Å². The van der Waals surface area contributed by atoms with Gasteiger partial charge in [-0.05, 0) is 62.6 Å². The second kappa shape index (κ2) is 29.4. The minimum atomic E-state index is -0.982. The van der Waals surface area contributed by atoms with E-state index in [4.69, 9.17) is 44.4 Å². The number of aliphatic carboxylic acids is 2. The van der Waals surface area contributed by atoms with Crippen LogP contribution >= 0.6 is 68.0 Å². The van der Waals surface area contributed by atoms with Gasteiger partial charge in [-0.1, -0.05) is 51.1 Å². The fraction of sp³-hybridized carbons (Fsp3) is 0.393. The van der Waals surface area contributed by atoms with E-state index in [2.05, 4.69) is 21.3 Å². The van der Waals surface area contributed by atoms with Gasteiger partial charge in [-0.3, -0.25) is 38.5 Å². The summed E-state index contributed by atoms with van der Waals surface area (Å²) in [5, 5.41) is 40.0. The number of aryl methyl sites for hydroxylation is 1. The number of methoxy groups -OCH3 is 1. The molecule has 476 valence electrons.